The Labute approximate surface area is 96.0 Å². The fraction of sp³-hybridized carbons (Fsp3) is 0.300. The van der Waals surface area contributed by atoms with Crippen molar-refractivity contribution in [1.82, 2.24) is 10.1 Å². The van der Waals surface area contributed by atoms with Crippen molar-refractivity contribution in [3.63, 3.8) is 0 Å². The Kier molecular flexibility index (Phi) is 3.31. The summed E-state index contributed by atoms with van der Waals surface area (Å²) < 4.78 is 9.43. The van der Waals surface area contributed by atoms with Gasteiger partial charge >= 0.3 is 5.97 Å². The fourth-order valence-corrected chi connectivity index (χ4v) is 1.90. The highest BCUT2D eigenvalue weighted by atomic mass is 32.1. The molecule has 0 saturated heterocycles. The van der Waals surface area contributed by atoms with Crippen LogP contribution in [-0.2, 0) is 22.4 Å². The summed E-state index contributed by atoms with van der Waals surface area (Å²) in [7, 11) is 1.32. The minimum Gasteiger partial charge on any atom is -0.469 e. The predicted molar refractivity (Wildman–Crippen MR) is 57.1 cm³/mol. The zero-order valence-corrected chi connectivity index (χ0v) is 9.49. The van der Waals surface area contributed by atoms with Crippen LogP contribution in [0.2, 0.25) is 0 Å². The number of thiophene rings is 1. The molecule has 0 radical (unpaired) electrons. The van der Waals surface area contributed by atoms with Gasteiger partial charge in [-0.25, -0.2) is 0 Å². The maximum atomic E-state index is 11.0. The van der Waals surface area contributed by atoms with E-state index in [-0.39, 0.29) is 12.4 Å². The summed E-state index contributed by atoms with van der Waals surface area (Å²) >= 11 is 1.63. The van der Waals surface area contributed by atoms with Gasteiger partial charge in [0.2, 0.25) is 5.89 Å². The van der Waals surface area contributed by atoms with E-state index in [0.717, 1.165) is 4.88 Å². The molecular weight excluding hydrogens is 228 g/mol. The van der Waals surface area contributed by atoms with E-state index in [1.807, 2.05) is 17.5 Å². The van der Waals surface area contributed by atoms with Crippen molar-refractivity contribution in [2.75, 3.05) is 7.11 Å². The van der Waals surface area contributed by atoms with E-state index in [2.05, 4.69) is 14.9 Å². The summed E-state index contributed by atoms with van der Waals surface area (Å²) in [5.41, 5.74) is 0. The lowest BCUT2D eigenvalue weighted by molar-refractivity contribution is -0.140. The number of carbonyl (C=O) groups excluding carboxylic acids is 1. The Hall–Kier alpha value is -1.69. The summed E-state index contributed by atoms with van der Waals surface area (Å²) in [5, 5.41) is 5.78. The molecule has 5 nitrogen and oxygen atoms in total. The molecule has 6 heteroatoms. The van der Waals surface area contributed by atoms with Crippen LogP contribution in [0, 0.1) is 0 Å². The number of hydrogen-bond donors (Lipinski definition) is 0. The maximum Gasteiger partial charge on any atom is 0.315 e. The highest BCUT2D eigenvalue weighted by molar-refractivity contribution is 7.09. The number of ether oxygens (including phenoxy) is 1. The zero-order chi connectivity index (χ0) is 11.4. The molecule has 0 aliphatic heterocycles. The monoisotopic (exact) mass is 238 g/mol. The second-order valence-corrected chi connectivity index (χ2v) is 4.15. The molecule has 0 spiro atoms. The molecule has 2 rings (SSSR count). The standard InChI is InChI=1S/C10H10N2O3S/c1-14-10(13)6-9-11-8(12-15-9)5-7-3-2-4-16-7/h2-4H,5-6H2,1H3. The Morgan fingerprint density at radius 2 is 2.50 bits per heavy atom. The van der Waals surface area contributed by atoms with Gasteiger partial charge < -0.3 is 9.26 Å². The summed E-state index contributed by atoms with van der Waals surface area (Å²) in [5.74, 6) is 0.492. The molecule has 0 atom stereocenters. The first kappa shape index (κ1) is 10.8. The number of carbonyl (C=O) groups is 1. The van der Waals surface area contributed by atoms with Gasteiger partial charge in [-0.05, 0) is 11.4 Å². The van der Waals surface area contributed by atoms with E-state index in [4.69, 9.17) is 4.52 Å². The van der Waals surface area contributed by atoms with E-state index in [1.165, 1.54) is 7.11 Å². The Balaban J connectivity index is 1.99. The first-order valence-corrected chi connectivity index (χ1v) is 5.56. The van der Waals surface area contributed by atoms with Gasteiger partial charge in [-0.2, -0.15) is 4.98 Å². The molecule has 84 valence electrons. The topological polar surface area (TPSA) is 65.2 Å². The van der Waals surface area contributed by atoms with Gasteiger partial charge in [0.15, 0.2) is 5.82 Å². The van der Waals surface area contributed by atoms with Crippen LogP contribution in [0.25, 0.3) is 0 Å². The van der Waals surface area contributed by atoms with Crippen LogP contribution in [0.4, 0.5) is 0 Å². The predicted octanol–water partition coefficient (Wildman–Crippen LogP) is 1.44. The van der Waals surface area contributed by atoms with Crippen molar-refractivity contribution in [2.24, 2.45) is 0 Å². The number of nitrogens with zero attached hydrogens (tertiary/aromatic N) is 2. The van der Waals surface area contributed by atoms with Crippen LogP contribution in [0.15, 0.2) is 22.0 Å². The lowest BCUT2D eigenvalue weighted by Crippen LogP contribution is -2.04. The van der Waals surface area contributed by atoms with Crippen LogP contribution in [-0.4, -0.2) is 23.2 Å². The first-order chi connectivity index (χ1) is 7.78. The van der Waals surface area contributed by atoms with E-state index < -0.39 is 0 Å². The highest BCUT2D eigenvalue weighted by Crippen LogP contribution is 2.12. The third kappa shape index (κ3) is 2.66. The zero-order valence-electron chi connectivity index (χ0n) is 8.67. The lowest BCUT2D eigenvalue weighted by Gasteiger charge is -1.91. The number of hydrogen-bond acceptors (Lipinski definition) is 6. The number of esters is 1. The number of methoxy groups -OCH3 is 1. The molecule has 0 amide bonds. The molecule has 2 heterocycles. The van der Waals surface area contributed by atoms with Crippen LogP contribution in [0.3, 0.4) is 0 Å². The van der Waals surface area contributed by atoms with Crippen molar-refractivity contribution in [3.8, 4) is 0 Å². The fourth-order valence-electron chi connectivity index (χ4n) is 1.20. The van der Waals surface area contributed by atoms with Crippen molar-refractivity contribution < 1.29 is 14.1 Å². The summed E-state index contributed by atoms with van der Waals surface area (Å²) in [6.07, 6.45) is 0.649. The lowest BCUT2D eigenvalue weighted by atomic mass is 10.3. The van der Waals surface area contributed by atoms with E-state index >= 15 is 0 Å². The molecule has 2 aromatic rings. The van der Waals surface area contributed by atoms with Crippen LogP contribution in [0.5, 0.6) is 0 Å². The summed E-state index contributed by atoms with van der Waals surface area (Å²) in [6.45, 7) is 0. The second kappa shape index (κ2) is 4.89. The molecule has 0 aliphatic carbocycles. The molecule has 0 N–H and O–H groups in total. The van der Waals surface area contributed by atoms with Crippen molar-refractivity contribution in [1.29, 1.82) is 0 Å². The third-order valence-corrected chi connectivity index (χ3v) is 2.82. The quantitative estimate of drug-likeness (QED) is 0.754. The van der Waals surface area contributed by atoms with Crippen LogP contribution < -0.4 is 0 Å². The number of rotatable bonds is 4. The van der Waals surface area contributed by atoms with Crippen molar-refractivity contribution >= 4 is 17.3 Å². The molecule has 16 heavy (non-hydrogen) atoms. The molecule has 0 fully saturated rings. The highest BCUT2D eigenvalue weighted by Gasteiger charge is 2.11. The molecule has 0 aliphatic rings. The van der Waals surface area contributed by atoms with Crippen LogP contribution in [0.1, 0.15) is 16.6 Å². The molecular formula is C10H10N2O3S. The third-order valence-electron chi connectivity index (χ3n) is 1.95. The maximum absolute atomic E-state index is 11.0. The minimum atomic E-state index is -0.383. The Morgan fingerprint density at radius 3 is 3.19 bits per heavy atom. The number of aromatic nitrogens is 2. The summed E-state index contributed by atoms with van der Waals surface area (Å²) in [4.78, 5) is 16.2. The average molecular weight is 238 g/mol. The van der Waals surface area contributed by atoms with Gasteiger partial charge in [-0.15, -0.1) is 11.3 Å². The van der Waals surface area contributed by atoms with E-state index in [0.29, 0.717) is 18.1 Å². The van der Waals surface area contributed by atoms with Crippen LogP contribution >= 0.6 is 11.3 Å². The molecule has 0 saturated carbocycles. The van der Waals surface area contributed by atoms with Crippen molar-refractivity contribution in [2.45, 2.75) is 12.8 Å². The van der Waals surface area contributed by atoms with E-state index in [1.54, 1.807) is 11.3 Å². The normalized spacial score (nSPS) is 10.3. The van der Waals surface area contributed by atoms with Gasteiger partial charge in [-0.1, -0.05) is 11.2 Å². The SMILES string of the molecule is COC(=O)Cc1nc(Cc2cccs2)no1. The largest absolute Gasteiger partial charge is 0.469 e. The minimum absolute atomic E-state index is 0.0218. The van der Waals surface area contributed by atoms with Gasteiger partial charge in [0.1, 0.15) is 6.42 Å². The first-order valence-electron chi connectivity index (χ1n) is 4.68. The average Bonchev–Trinajstić information content (AvgIpc) is 2.91. The van der Waals surface area contributed by atoms with Gasteiger partial charge in [0.05, 0.1) is 7.11 Å². The smallest absolute Gasteiger partial charge is 0.315 e. The van der Waals surface area contributed by atoms with E-state index in [9.17, 15) is 4.79 Å². The second-order valence-electron chi connectivity index (χ2n) is 3.11. The Morgan fingerprint density at radius 1 is 1.62 bits per heavy atom. The van der Waals surface area contributed by atoms with Crippen molar-refractivity contribution in [3.05, 3.63) is 34.1 Å². The molecule has 0 aromatic carbocycles. The molecule has 0 bridgehead atoms. The Bertz CT molecular complexity index is 464. The van der Waals surface area contributed by atoms with Gasteiger partial charge in [-0.3, -0.25) is 4.79 Å². The molecule has 2 aromatic heterocycles. The molecule has 0 unspecified atom stereocenters. The van der Waals surface area contributed by atoms with Gasteiger partial charge in [0, 0.05) is 11.3 Å². The summed E-state index contributed by atoms with van der Waals surface area (Å²) in [6, 6.07) is 3.97. The van der Waals surface area contributed by atoms with Gasteiger partial charge in [0.25, 0.3) is 0 Å².